The van der Waals surface area contributed by atoms with Crippen LogP contribution in [0.25, 0.3) is 10.8 Å². The van der Waals surface area contributed by atoms with Crippen LogP contribution in [0.1, 0.15) is 15.9 Å². The van der Waals surface area contributed by atoms with Crippen LogP contribution in [0.3, 0.4) is 0 Å². The highest BCUT2D eigenvalue weighted by molar-refractivity contribution is 9.10. The number of nitrogens with one attached hydrogen (secondary N) is 1. The summed E-state index contributed by atoms with van der Waals surface area (Å²) >= 11 is 3.45. The second-order valence-corrected chi connectivity index (χ2v) is 7.66. The van der Waals surface area contributed by atoms with Crippen LogP contribution < -0.4 is 10.1 Å². The van der Waals surface area contributed by atoms with Gasteiger partial charge in [0.2, 0.25) is 0 Å². The van der Waals surface area contributed by atoms with Gasteiger partial charge in [-0.25, -0.2) is 0 Å². The van der Waals surface area contributed by atoms with Crippen molar-refractivity contribution in [3.05, 3.63) is 107 Å². The summed E-state index contributed by atoms with van der Waals surface area (Å²) in [6.45, 7) is 0.502. The SMILES string of the molecule is O=C(Nc1ccc2ccccc2c1)c1cc(Br)ccc1OCCc1ccccc1. The van der Waals surface area contributed by atoms with Gasteiger partial charge in [-0.05, 0) is 46.7 Å². The largest absolute Gasteiger partial charge is 0.492 e. The summed E-state index contributed by atoms with van der Waals surface area (Å²) in [6.07, 6.45) is 0.780. The average molecular weight is 446 g/mol. The maximum absolute atomic E-state index is 12.9. The first-order valence-electron chi connectivity index (χ1n) is 9.45. The van der Waals surface area contributed by atoms with E-state index in [1.54, 1.807) is 6.07 Å². The van der Waals surface area contributed by atoms with Crippen molar-refractivity contribution in [2.24, 2.45) is 0 Å². The molecule has 0 aromatic heterocycles. The molecule has 0 heterocycles. The third-order valence-electron chi connectivity index (χ3n) is 4.68. The van der Waals surface area contributed by atoms with Gasteiger partial charge >= 0.3 is 0 Å². The molecule has 4 rings (SSSR count). The van der Waals surface area contributed by atoms with Crippen LogP contribution in [0.4, 0.5) is 5.69 Å². The summed E-state index contributed by atoms with van der Waals surface area (Å²) in [5.74, 6) is 0.374. The molecule has 0 radical (unpaired) electrons. The van der Waals surface area contributed by atoms with Crippen LogP contribution in [0.15, 0.2) is 95.5 Å². The number of carbonyl (C=O) groups excluding carboxylic acids is 1. The highest BCUT2D eigenvalue weighted by Gasteiger charge is 2.14. The fraction of sp³-hybridized carbons (Fsp3) is 0.0800. The standard InChI is InChI=1S/C25H20BrNO2/c26-21-11-13-24(29-15-14-18-6-2-1-3-7-18)23(17-21)25(28)27-22-12-10-19-8-4-5-9-20(19)16-22/h1-13,16-17H,14-15H2,(H,27,28). The molecule has 0 aliphatic rings. The van der Waals surface area contributed by atoms with E-state index in [0.29, 0.717) is 17.9 Å². The minimum atomic E-state index is -0.198. The second-order valence-electron chi connectivity index (χ2n) is 6.74. The first-order chi connectivity index (χ1) is 14.2. The molecule has 1 amide bonds. The Labute approximate surface area is 178 Å². The molecule has 0 unspecified atom stereocenters. The van der Waals surface area contributed by atoms with Gasteiger partial charge in [0.25, 0.3) is 5.91 Å². The van der Waals surface area contributed by atoms with Crippen molar-refractivity contribution >= 4 is 38.3 Å². The number of hydrogen-bond acceptors (Lipinski definition) is 2. The van der Waals surface area contributed by atoms with Gasteiger partial charge in [-0.1, -0.05) is 76.6 Å². The molecular weight excluding hydrogens is 426 g/mol. The average Bonchev–Trinajstić information content (AvgIpc) is 2.75. The Morgan fingerprint density at radius 1 is 0.828 bits per heavy atom. The van der Waals surface area contributed by atoms with Gasteiger partial charge in [-0.2, -0.15) is 0 Å². The number of anilines is 1. The quantitative estimate of drug-likeness (QED) is 0.368. The number of benzene rings is 4. The number of rotatable bonds is 6. The molecule has 0 fully saturated rings. The monoisotopic (exact) mass is 445 g/mol. The van der Waals surface area contributed by atoms with Gasteiger partial charge in [0, 0.05) is 16.6 Å². The van der Waals surface area contributed by atoms with E-state index in [2.05, 4.69) is 33.4 Å². The lowest BCUT2D eigenvalue weighted by Crippen LogP contribution is -2.14. The fourth-order valence-corrected chi connectivity index (χ4v) is 3.56. The predicted octanol–water partition coefficient (Wildman–Crippen LogP) is 6.48. The molecule has 1 N–H and O–H groups in total. The Balaban J connectivity index is 1.50. The number of amides is 1. The first-order valence-corrected chi connectivity index (χ1v) is 10.2. The molecule has 0 spiro atoms. The first kappa shape index (κ1) is 19.2. The van der Waals surface area contributed by atoms with Crippen LogP contribution in [0.2, 0.25) is 0 Å². The van der Waals surface area contributed by atoms with Crippen molar-refractivity contribution in [2.45, 2.75) is 6.42 Å². The highest BCUT2D eigenvalue weighted by atomic mass is 79.9. The molecule has 29 heavy (non-hydrogen) atoms. The molecule has 0 aliphatic heterocycles. The van der Waals surface area contributed by atoms with Gasteiger partial charge in [0.15, 0.2) is 0 Å². The normalized spacial score (nSPS) is 10.7. The van der Waals surface area contributed by atoms with Crippen molar-refractivity contribution in [1.29, 1.82) is 0 Å². The lowest BCUT2D eigenvalue weighted by molar-refractivity contribution is 0.102. The number of halogens is 1. The summed E-state index contributed by atoms with van der Waals surface area (Å²) in [5.41, 5.74) is 2.45. The van der Waals surface area contributed by atoms with Crippen LogP contribution in [-0.4, -0.2) is 12.5 Å². The number of hydrogen-bond donors (Lipinski definition) is 1. The minimum absolute atomic E-state index is 0.198. The Morgan fingerprint density at radius 2 is 1.59 bits per heavy atom. The van der Waals surface area contributed by atoms with Crippen LogP contribution in [0, 0.1) is 0 Å². The number of carbonyl (C=O) groups is 1. The van der Waals surface area contributed by atoms with E-state index in [-0.39, 0.29) is 5.91 Å². The predicted molar refractivity (Wildman–Crippen MR) is 122 cm³/mol. The van der Waals surface area contributed by atoms with Crippen LogP contribution in [0.5, 0.6) is 5.75 Å². The van der Waals surface area contributed by atoms with E-state index < -0.39 is 0 Å². The molecule has 0 bridgehead atoms. The minimum Gasteiger partial charge on any atom is -0.492 e. The molecule has 0 aliphatic carbocycles. The van der Waals surface area contributed by atoms with Gasteiger partial charge in [0.05, 0.1) is 12.2 Å². The van der Waals surface area contributed by atoms with Gasteiger partial charge in [-0.3, -0.25) is 4.79 Å². The Morgan fingerprint density at radius 3 is 2.41 bits per heavy atom. The van der Waals surface area contributed by atoms with Crippen molar-refractivity contribution in [1.82, 2.24) is 0 Å². The van der Waals surface area contributed by atoms with Gasteiger partial charge in [-0.15, -0.1) is 0 Å². The van der Waals surface area contributed by atoms with Crippen LogP contribution in [-0.2, 0) is 6.42 Å². The van der Waals surface area contributed by atoms with Gasteiger partial charge < -0.3 is 10.1 Å². The zero-order chi connectivity index (χ0) is 20.1. The zero-order valence-corrected chi connectivity index (χ0v) is 17.4. The molecule has 144 valence electrons. The summed E-state index contributed by atoms with van der Waals surface area (Å²) in [7, 11) is 0. The second kappa shape index (κ2) is 8.93. The lowest BCUT2D eigenvalue weighted by Gasteiger charge is -2.13. The van der Waals surface area contributed by atoms with E-state index in [4.69, 9.17) is 4.74 Å². The lowest BCUT2D eigenvalue weighted by atomic mass is 10.1. The van der Waals surface area contributed by atoms with E-state index in [0.717, 1.165) is 27.4 Å². The summed E-state index contributed by atoms with van der Waals surface area (Å²) in [6, 6.07) is 29.6. The maximum Gasteiger partial charge on any atom is 0.259 e. The smallest absolute Gasteiger partial charge is 0.259 e. The highest BCUT2D eigenvalue weighted by Crippen LogP contribution is 2.26. The number of ether oxygens (including phenoxy) is 1. The molecule has 3 nitrogen and oxygen atoms in total. The van der Waals surface area contributed by atoms with E-state index in [1.807, 2.05) is 72.8 Å². The van der Waals surface area contributed by atoms with Gasteiger partial charge in [0.1, 0.15) is 5.75 Å². The zero-order valence-electron chi connectivity index (χ0n) is 15.8. The Kier molecular flexibility index (Phi) is 5.92. The van der Waals surface area contributed by atoms with Crippen molar-refractivity contribution < 1.29 is 9.53 Å². The van der Waals surface area contributed by atoms with E-state index in [1.165, 1.54) is 5.56 Å². The summed E-state index contributed by atoms with van der Waals surface area (Å²) in [4.78, 5) is 12.9. The molecule has 4 aromatic carbocycles. The fourth-order valence-electron chi connectivity index (χ4n) is 3.19. The van der Waals surface area contributed by atoms with Crippen molar-refractivity contribution in [3.63, 3.8) is 0 Å². The molecular formula is C25H20BrNO2. The summed E-state index contributed by atoms with van der Waals surface area (Å²) < 4.78 is 6.77. The Bertz CT molecular complexity index is 1140. The Hall–Kier alpha value is -3.11. The third kappa shape index (κ3) is 4.84. The van der Waals surface area contributed by atoms with E-state index in [9.17, 15) is 4.79 Å². The molecule has 0 saturated heterocycles. The third-order valence-corrected chi connectivity index (χ3v) is 5.18. The van der Waals surface area contributed by atoms with Crippen molar-refractivity contribution in [3.8, 4) is 5.75 Å². The molecule has 0 saturated carbocycles. The molecule has 0 atom stereocenters. The van der Waals surface area contributed by atoms with Crippen LogP contribution >= 0.6 is 15.9 Å². The van der Waals surface area contributed by atoms with E-state index >= 15 is 0 Å². The molecule has 4 aromatic rings. The number of fused-ring (bicyclic) bond motifs is 1. The van der Waals surface area contributed by atoms with Crippen molar-refractivity contribution in [2.75, 3.05) is 11.9 Å². The molecule has 4 heteroatoms. The summed E-state index contributed by atoms with van der Waals surface area (Å²) in [5, 5.41) is 5.21. The topological polar surface area (TPSA) is 38.3 Å². The maximum atomic E-state index is 12.9.